The van der Waals surface area contributed by atoms with E-state index in [1.54, 1.807) is 0 Å². The molecule has 3 aromatic rings. The van der Waals surface area contributed by atoms with E-state index in [1.165, 1.54) is 22.1 Å². The first-order valence-corrected chi connectivity index (χ1v) is 8.67. The zero-order chi connectivity index (χ0) is 16.9. The fraction of sp³-hybridized carbons (Fsp3) is 0.238. The Labute approximate surface area is 148 Å². The van der Waals surface area contributed by atoms with Crippen LogP contribution in [0.4, 0.5) is 0 Å². The van der Waals surface area contributed by atoms with Gasteiger partial charge in [0.05, 0.1) is 0 Å². The van der Waals surface area contributed by atoms with Crippen LogP contribution >= 0.6 is 12.2 Å². The normalized spacial score (nSPS) is 12.2. The number of hydrogen-bond acceptors (Lipinski definition) is 3. The minimum absolute atomic E-state index is 0.294. The number of nitrogens with two attached hydrogens (primary N) is 1. The van der Waals surface area contributed by atoms with Crippen LogP contribution < -0.4 is 5.73 Å². The molecule has 24 heavy (non-hydrogen) atoms. The topological polar surface area (TPSA) is 38.9 Å². The summed E-state index contributed by atoms with van der Waals surface area (Å²) >= 11 is 5.66. The Hall–Kier alpha value is -2.10. The molecule has 3 heteroatoms. The predicted octanol–water partition coefficient (Wildman–Crippen LogP) is 4.59. The van der Waals surface area contributed by atoms with Crippen LogP contribution in [0.2, 0.25) is 0 Å². The van der Waals surface area contributed by atoms with Gasteiger partial charge in [-0.1, -0.05) is 60.2 Å². The minimum atomic E-state index is 0.294. The van der Waals surface area contributed by atoms with Crippen LogP contribution in [0.15, 0.2) is 60.9 Å². The van der Waals surface area contributed by atoms with Gasteiger partial charge in [0, 0.05) is 30.1 Å². The van der Waals surface area contributed by atoms with Gasteiger partial charge in [-0.2, -0.15) is 0 Å². The number of pyridine rings is 1. The van der Waals surface area contributed by atoms with Crippen molar-refractivity contribution in [3.05, 3.63) is 77.6 Å². The number of benzene rings is 2. The molecule has 2 nitrogen and oxygen atoms in total. The molecule has 0 aliphatic carbocycles. The third-order valence-corrected chi connectivity index (χ3v) is 4.72. The summed E-state index contributed by atoms with van der Waals surface area (Å²) in [6, 6.07) is 17.1. The Kier molecular flexibility index (Phi) is 5.34. The van der Waals surface area contributed by atoms with Gasteiger partial charge < -0.3 is 5.73 Å². The van der Waals surface area contributed by atoms with Crippen molar-refractivity contribution in [2.45, 2.75) is 25.7 Å². The van der Waals surface area contributed by atoms with Gasteiger partial charge in [0.25, 0.3) is 0 Å². The van der Waals surface area contributed by atoms with E-state index in [4.69, 9.17) is 18.0 Å². The molecule has 0 saturated heterocycles. The van der Waals surface area contributed by atoms with Crippen molar-refractivity contribution in [1.29, 1.82) is 0 Å². The van der Waals surface area contributed by atoms with E-state index in [9.17, 15) is 0 Å². The number of hydrogen-bond donors (Lipinski definition) is 1. The van der Waals surface area contributed by atoms with Gasteiger partial charge in [-0.05, 0) is 47.3 Å². The average molecular weight is 334 g/mol. The molecule has 1 heterocycles. The summed E-state index contributed by atoms with van der Waals surface area (Å²) in [4.78, 5) is 5.21. The molecule has 2 aromatic carbocycles. The van der Waals surface area contributed by atoms with Crippen LogP contribution in [0, 0.1) is 6.92 Å². The summed E-state index contributed by atoms with van der Waals surface area (Å²) in [5.41, 5.74) is 9.78. The Bertz CT molecular complexity index is 840. The SMILES string of the molecule is Cc1ccc(C(CN)CC(=S)Cc2ccc3cnccc3c2)cc1. The zero-order valence-electron chi connectivity index (χ0n) is 13.9. The third kappa shape index (κ3) is 4.05. The summed E-state index contributed by atoms with van der Waals surface area (Å²) in [5, 5.41) is 2.37. The quantitative estimate of drug-likeness (QED) is 0.670. The van der Waals surface area contributed by atoms with E-state index in [2.05, 4.69) is 54.4 Å². The summed E-state index contributed by atoms with van der Waals surface area (Å²) < 4.78 is 0. The fourth-order valence-corrected chi connectivity index (χ4v) is 3.36. The van der Waals surface area contributed by atoms with Gasteiger partial charge in [0.15, 0.2) is 0 Å². The van der Waals surface area contributed by atoms with Gasteiger partial charge in [-0.25, -0.2) is 0 Å². The highest BCUT2D eigenvalue weighted by molar-refractivity contribution is 7.80. The summed E-state index contributed by atoms with van der Waals surface area (Å²) in [7, 11) is 0. The first-order valence-electron chi connectivity index (χ1n) is 8.26. The molecule has 122 valence electrons. The lowest BCUT2D eigenvalue weighted by molar-refractivity contribution is 0.728. The number of fused-ring (bicyclic) bond motifs is 1. The molecule has 0 fully saturated rings. The van der Waals surface area contributed by atoms with E-state index in [-0.39, 0.29) is 0 Å². The van der Waals surface area contributed by atoms with Crippen molar-refractivity contribution >= 4 is 27.9 Å². The molecule has 0 aliphatic heterocycles. The van der Waals surface area contributed by atoms with Crippen LogP contribution in [0.5, 0.6) is 0 Å². The molecule has 2 N–H and O–H groups in total. The summed E-state index contributed by atoms with van der Waals surface area (Å²) in [6.45, 7) is 2.72. The van der Waals surface area contributed by atoms with Gasteiger partial charge in [-0.3, -0.25) is 4.98 Å². The van der Waals surface area contributed by atoms with Crippen LogP contribution in [-0.2, 0) is 6.42 Å². The maximum Gasteiger partial charge on any atom is 0.0346 e. The number of aromatic nitrogens is 1. The maximum atomic E-state index is 5.99. The Morgan fingerprint density at radius 1 is 1.08 bits per heavy atom. The molecule has 1 aromatic heterocycles. The molecule has 0 saturated carbocycles. The van der Waals surface area contributed by atoms with Crippen molar-refractivity contribution in [3.63, 3.8) is 0 Å². The molecule has 1 unspecified atom stereocenters. The van der Waals surface area contributed by atoms with E-state index in [0.29, 0.717) is 12.5 Å². The van der Waals surface area contributed by atoms with Crippen molar-refractivity contribution in [1.82, 2.24) is 4.98 Å². The van der Waals surface area contributed by atoms with Crippen molar-refractivity contribution in [2.75, 3.05) is 6.54 Å². The highest BCUT2D eigenvalue weighted by Crippen LogP contribution is 2.22. The van der Waals surface area contributed by atoms with E-state index in [0.717, 1.165) is 23.1 Å². The Morgan fingerprint density at radius 3 is 2.62 bits per heavy atom. The van der Waals surface area contributed by atoms with Gasteiger partial charge in [0.2, 0.25) is 0 Å². The predicted molar refractivity (Wildman–Crippen MR) is 106 cm³/mol. The number of thiocarbonyl (C=S) groups is 1. The molecule has 0 amide bonds. The van der Waals surface area contributed by atoms with Gasteiger partial charge >= 0.3 is 0 Å². The van der Waals surface area contributed by atoms with E-state index >= 15 is 0 Å². The highest BCUT2D eigenvalue weighted by Gasteiger charge is 2.13. The van der Waals surface area contributed by atoms with Crippen LogP contribution in [0.3, 0.4) is 0 Å². The minimum Gasteiger partial charge on any atom is -0.330 e. The van der Waals surface area contributed by atoms with Crippen molar-refractivity contribution in [3.8, 4) is 0 Å². The lowest BCUT2D eigenvalue weighted by Gasteiger charge is -2.16. The lowest BCUT2D eigenvalue weighted by Crippen LogP contribution is -2.16. The van der Waals surface area contributed by atoms with Gasteiger partial charge in [-0.15, -0.1) is 0 Å². The molecule has 0 aliphatic rings. The zero-order valence-corrected chi connectivity index (χ0v) is 14.7. The second-order valence-electron chi connectivity index (χ2n) is 6.32. The summed E-state index contributed by atoms with van der Waals surface area (Å²) in [6.07, 6.45) is 5.38. The maximum absolute atomic E-state index is 5.99. The Morgan fingerprint density at radius 2 is 1.88 bits per heavy atom. The van der Waals surface area contributed by atoms with Crippen LogP contribution in [0.1, 0.15) is 29.0 Å². The molecule has 3 rings (SSSR count). The molecule has 1 atom stereocenters. The third-order valence-electron chi connectivity index (χ3n) is 4.41. The molecule has 0 spiro atoms. The van der Waals surface area contributed by atoms with Crippen molar-refractivity contribution < 1.29 is 0 Å². The fourth-order valence-electron chi connectivity index (χ4n) is 2.99. The molecule has 0 bridgehead atoms. The lowest BCUT2D eigenvalue weighted by atomic mass is 9.91. The van der Waals surface area contributed by atoms with Gasteiger partial charge in [0.1, 0.15) is 0 Å². The smallest absolute Gasteiger partial charge is 0.0346 e. The molecule has 0 radical (unpaired) electrons. The number of nitrogens with zero attached hydrogens (tertiary/aromatic N) is 1. The Balaban J connectivity index is 1.69. The first kappa shape index (κ1) is 16.7. The van der Waals surface area contributed by atoms with Crippen molar-refractivity contribution in [2.24, 2.45) is 5.73 Å². The standard InChI is InChI=1S/C21H22N2S/c1-15-2-5-17(6-3-15)20(13-22)12-21(24)11-16-4-7-19-14-23-9-8-18(19)10-16/h2-10,14,20H,11-13,22H2,1H3. The second-order valence-corrected chi connectivity index (χ2v) is 6.90. The average Bonchev–Trinajstić information content (AvgIpc) is 2.60. The van der Waals surface area contributed by atoms with Crippen LogP contribution in [0.25, 0.3) is 10.8 Å². The largest absolute Gasteiger partial charge is 0.330 e. The van der Waals surface area contributed by atoms with E-state index in [1.807, 2.05) is 18.5 Å². The summed E-state index contributed by atoms with van der Waals surface area (Å²) in [5.74, 6) is 0.294. The molecular formula is C21H22N2S. The van der Waals surface area contributed by atoms with E-state index < -0.39 is 0 Å². The monoisotopic (exact) mass is 334 g/mol. The number of rotatable bonds is 6. The first-order chi connectivity index (χ1) is 11.7. The van der Waals surface area contributed by atoms with Crippen LogP contribution in [-0.4, -0.2) is 16.4 Å². The molecular weight excluding hydrogens is 312 g/mol. The second kappa shape index (κ2) is 7.65. The highest BCUT2D eigenvalue weighted by atomic mass is 32.1. The number of aryl methyl sites for hydroxylation is 1.